The van der Waals surface area contributed by atoms with Crippen LogP contribution in [-0.4, -0.2) is 28.8 Å². The number of amides is 1. The summed E-state index contributed by atoms with van der Waals surface area (Å²) >= 11 is 0. The summed E-state index contributed by atoms with van der Waals surface area (Å²) in [7, 11) is 0. The van der Waals surface area contributed by atoms with E-state index >= 15 is 0 Å². The first kappa shape index (κ1) is 17.2. The molecule has 0 atom stereocenters. The van der Waals surface area contributed by atoms with Crippen LogP contribution in [0.25, 0.3) is 0 Å². The topological polar surface area (TPSA) is 76.1 Å². The Morgan fingerprint density at radius 2 is 1.92 bits per heavy atom. The van der Waals surface area contributed by atoms with Crippen molar-refractivity contribution >= 4 is 17.4 Å². The van der Waals surface area contributed by atoms with Crippen LogP contribution in [0.3, 0.4) is 0 Å². The minimum atomic E-state index is -0.152. The zero-order chi connectivity index (χ0) is 17.5. The quantitative estimate of drug-likeness (QED) is 0.839. The van der Waals surface area contributed by atoms with Crippen molar-refractivity contribution in [3.63, 3.8) is 0 Å². The Labute approximate surface area is 148 Å². The first-order valence-corrected chi connectivity index (χ1v) is 8.89. The van der Waals surface area contributed by atoms with Gasteiger partial charge in [-0.1, -0.05) is 31.4 Å². The lowest BCUT2D eigenvalue weighted by atomic mass is 9.95. The number of aromatic nitrogens is 2. The molecule has 2 N–H and O–H groups in total. The van der Waals surface area contributed by atoms with Gasteiger partial charge in [0.25, 0.3) is 5.91 Å². The standard InChI is InChI=1S/C19H24N4O2/c1-2-25-17-11-7-6-10-15(17)21-18-13-12-16(22-23-18)19(24)20-14-8-4-3-5-9-14/h6-7,10-14H,2-5,8-9H2,1H3,(H,20,24)(H,21,23). The summed E-state index contributed by atoms with van der Waals surface area (Å²) in [6.45, 7) is 2.53. The molecule has 6 heteroatoms. The predicted octanol–water partition coefficient (Wildman–Crippen LogP) is 3.68. The maximum atomic E-state index is 12.3. The van der Waals surface area contributed by atoms with E-state index in [0.717, 1.165) is 24.3 Å². The molecule has 132 valence electrons. The Bertz CT molecular complexity index is 697. The van der Waals surface area contributed by atoms with E-state index in [1.54, 1.807) is 12.1 Å². The van der Waals surface area contributed by atoms with E-state index in [-0.39, 0.29) is 11.9 Å². The average Bonchev–Trinajstić information content (AvgIpc) is 2.65. The molecule has 0 radical (unpaired) electrons. The molecule has 1 aliphatic carbocycles. The van der Waals surface area contributed by atoms with E-state index in [2.05, 4.69) is 20.8 Å². The summed E-state index contributed by atoms with van der Waals surface area (Å²) < 4.78 is 5.58. The van der Waals surface area contributed by atoms with Gasteiger partial charge in [-0.15, -0.1) is 10.2 Å². The highest BCUT2D eigenvalue weighted by Crippen LogP contribution is 2.26. The Kier molecular flexibility index (Phi) is 5.82. The molecular weight excluding hydrogens is 316 g/mol. The second-order valence-electron chi connectivity index (χ2n) is 6.17. The van der Waals surface area contributed by atoms with Crippen molar-refractivity contribution < 1.29 is 9.53 Å². The van der Waals surface area contributed by atoms with Gasteiger partial charge in [0.1, 0.15) is 5.75 Å². The van der Waals surface area contributed by atoms with Crippen molar-refractivity contribution in [1.29, 1.82) is 0 Å². The summed E-state index contributed by atoms with van der Waals surface area (Å²) in [5, 5.41) is 14.4. The predicted molar refractivity (Wildman–Crippen MR) is 97.3 cm³/mol. The second-order valence-corrected chi connectivity index (χ2v) is 6.17. The first-order valence-electron chi connectivity index (χ1n) is 8.89. The van der Waals surface area contributed by atoms with Gasteiger partial charge in [-0.2, -0.15) is 0 Å². The van der Waals surface area contributed by atoms with Gasteiger partial charge < -0.3 is 15.4 Å². The fourth-order valence-corrected chi connectivity index (χ4v) is 3.02. The smallest absolute Gasteiger partial charge is 0.272 e. The third-order valence-electron chi connectivity index (χ3n) is 4.29. The maximum Gasteiger partial charge on any atom is 0.272 e. The maximum absolute atomic E-state index is 12.3. The summed E-state index contributed by atoms with van der Waals surface area (Å²) in [6, 6.07) is 11.4. The van der Waals surface area contributed by atoms with Crippen molar-refractivity contribution in [3.8, 4) is 5.75 Å². The van der Waals surface area contributed by atoms with Crippen molar-refractivity contribution in [2.45, 2.75) is 45.1 Å². The molecule has 3 rings (SSSR count). The second kappa shape index (κ2) is 8.46. The lowest BCUT2D eigenvalue weighted by Gasteiger charge is -2.22. The summed E-state index contributed by atoms with van der Waals surface area (Å²) in [5.41, 5.74) is 1.16. The van der Waals surface area contributed by atoms with Crippen LogP contribution in [-0.2, 0) is 0 Å². The van der Waals surface area contributed by atoms with Crippen LogP contribution in [0.15, 0.2) is 36.4 Å². The number of hydrogen-bond donors (Lipinski definition) is 2. The van der Waals surface area contributed by atoms with E-state index in [0.29, 0.717) is 18.1 Å². The molecule has 0 bridgehead atoms. The van der Waals surface area contributed by atoms with Gasteiger partial charge in [-0.3, -0.25) is 4.79 Å². The zero-order valence-electron chi connectivity index (χ0n) is 14.5. The molecule has 0 aliphatic heterocycles. The Morgan fingerprint density at radius 1 is 1.12 bits per heavy atom. The number of ether oxygens (including phenoxy) is 1. The van der Waals surface area contributed by atoms with Crippen LogP contribution in [0, 0.1) is 0 Å². The largest absolute Gasteiger partial charge is 0.492 e. The fraction of sp³-hybridized carbons (Fsp3) is 0.421. The number of carbonyl (C=O) groups excluding carboxylic acids is 1. The minimum Gasteiger partial charge on any atom is -0.492 e. The number of nitrogens with one attached hydrogen (secondary N) is 2. The molecule has 1 heterocycles. The molecule has 1 aliphatic rings. The summed E-state index contributed by atoms with van der Waals surface area (Å²) in [4.78, 5) is 12.3. The van der Waals surface area contributed by atoms with Gasteiger partial charge >= 0.3 is 0 Å². The number of carbonyl (C=O) groups is 1. The number of hydrogen-bond acceptors (Lipinski definition) is 5. The van der Waals surface area contributed by atoms with Gasteiger partial charge in [-0.25, -0.2) is 0 Å². The molecule has 1 aromatic heterocycles. The van der Waals surface area contributed by atoms with Crippen LogP contribution in [0.1, 0.15) is 49.5 Å². The van der Waals surface area contributed by atoms with Gasteiger partial charge in [0.05, 0.1) is 12.3 Å². The number of nitrogens with zero attached hydrogens (tertiary/aromatic N) is 2. The van der Waals surface area contributed by atoms with Crippen LogP contribution < -0.4 is 15.4 Å². The fourth-order valence-electron chi connectivity index (χ4n) is 3.02. The molecular formula is C19H24N4O2. The van der Waals surface area contributed by atoms with Crippen LogP contribution in [0.2, 0.25) is 0 Å². The molecule has 0 spiro atoms. The molecule has 1 amide bonds. The molecule has 2 aromatic rings. The van der Waals surface area contributed by atoms with E-state index in [9.17, 15) is 4.79 Å². The molecule has 1 aromatic carbocycles. The normalized spacial score (nSPS) is 14.8. The minimum absolute atomic E-state index is 0.152. The molecule has 0 unspecified atom stereocenters. The van der Waals surface area contributed by atoms with Crippen molar-refractivity contribution in [3.05, 3.63) is 42.1 Å². The third kappa shape index (κ3) is 4.68. The number of rotatable bonds is 6. The number of anilines is 2. The molecule has 0 saturated heterocycles. The highest BCUT2D eigenvalue weighted by Gasteiger charge is 2.17. The van der Waals surface area contributed by atoms with Crippen molar-refractivity contribution in [1.82, 2.24) is 15.5 Å². The van der Waals surface area contributed by atoms with Crippen LogP contribution in [0.5, 0.6) is 5.75 Å². The third-order valence-corrected chi connectivity index (χ3v) is 4.29. The van der Waals surface area contributed by atoms with Crippen LogP contribution in [0.4, 0.5) is 11.5 Å². The summed E-state index contributed by atoms with van der Waals surface area (Å²) in [6.07, 6.45) is 5.72. The SMILES string of the molecule is CCOc1ccccc1Nc1ccc(C(=O)NC2CCCCC2)nn1. The monoisotopic (exact) mass is 340 g/mol. The zero-order valence-corrected chi connectivity index (χ0v) is 14.5. The van der Waals surface area contributed by atoms with Gasteiger partial charge in [-0.05, 0) is 44.0 Å². The van der Waals surface area contributed by atoms with E-state index in [1.165, 1.54) is 19.3 Å². The molecule has 25 heavy (non-hydrogen) atoms. The first-order chi connectivity index (χ1) is 12.3. The van der Waals surface area contributed by atoms with Gasteiger partial charge in [0.15, 0.2) is 11.5 Å². The van der Waals surface area contributed by atoms with Gasteiger partial charge in [0.2, 0.25) is 0 Å². The molecule has 1 fully saturated rings. The Hall–Kier alpha value is -2.63. The lowest BCUT2D eigenvalue weighted by molar-refractivity contribution is 0.0921. The van der Waals surface area contributed by atoms with Gasteiger partial charge in [0, 0.05) is 6.04 Å². The van der Waals surface area contributed by atoms with E-state index in [1.807, 2.05) is 31.2 Å². The van der Waals surface area contributed by atoms with Crippen molar-refractivity contribution in [2.24, 2.45) is 0 Å². The molecule has 6 nitrogen and oxygen atoms in total. The van der Waals surface area contributed by atoms with E-state index < -0.39 is 0 Å². The van der Waals surface area contributed by atoms with E-state index in [4.69, 9.17) is 4.74 Å². The number of para-hydroxylation sites is 2. The Balaban J connectivity index is 1.63. The number of benzene rings is 1. The average molecular weight is 340 g/mol. The highest BCUT2D eigenvalue weighted by molar-refractivity contribution is 5.92. The lowest BCUT2D eigenvalue weighted by Crippen LogP contribution is -2.36. The van der Waals surface area contributed by atoms with Crippen molar-refractivity contribution in [2.75, 3.05) is 11.9 Å². The Morgan fingerprint density at radius 3 is 2.64 bits per heavy atom. The summed E-state index contributed by atoms with van der Waals surface area (Å²) in [5.74, 6) is 1.17. The highest BCUT2D eigenvalue weighted by atomic mass is 16.5. The molecule has 1 saturated carbocycles. The van der Waals surface area contributed by atoms with Crippen LogP contribution >= 0.6 is 0 Å².